The number of nitrogens with zero attached hydrogens (tertiary/aromatic N) is 2. The van der Waals surface area contributed by atoms with E-state index in [1.54, 1.807) is 7.11 Å². The average Bonchev–Trinajstić information content (AvgIpc) is 2.50. The smallest absolute Gasteiger partial charge is 0.145 e. The lowest BCUT2D eigenvalue weighted by Crippen LogP contribution is -2.45. The fraction of sp³-hybridized carbons (Fsp3) is 0.471. The third-order valence-corrected chi connectivity index (χ3v) is 4.40. The van der Waals surface area contributed by atoms with E-state index in [-0.39, 0.29) is 0 Å². The SMILES string of the molecule is COc1cccc2ccc(CN3CCC(N)C(C)C3)nc12. The Kier molecular flexibility index (Phi) is 4.08. The molecule has 0 aliphatic carbocycles. The van der Waals surface area contributed by atoms with Crippen molar-refractivity contribution in [2.75, 3.05) is 20.2 Å². The van der Waals surface area contributed by atoms with Crippen molar-refractivity contribution >= 4 is 10.9 Å². The maximum atomic E-state index is 6.09. The number of hydrogen-bond donors (Lipinski definition) is 1. The maximum absolute atomic E-state index is 6.09. The molecule has 1 fully saturated rings. The van der Waals surface area contributed by atoms with Gasteiger partial charge in [0.05, 0.1) is 12.8 Å². The highest BCUT2D eigenvalue weighted by Crippen LogP contribution is 2.24. The van der Waals surface area contributed by atoms with Crippen LogP contribution in [-0.2, 0) is 6.54 Å². The highest BCUT2D eigenvalue weighted by molar-refractivity contribution is 5.84. The van der Waals surface area contributed by atoms with Crippen molar-refractivity contribution in [3.63, 3.8) is 0 Å². The number of aromatic nitrogens is 1. The molecule has 4 nitrogen and oxygen atoms in total. The zero-order valence-electron chi connectivity index (χ0n) is 12.7. The number of methoxy groups -OCH3 is 1. The summed E-state index contributed by atoms with van der Waals surface area (Å²) in [6.45, 7) is 5.21. The van der Waals surface area contributed by atoms with E-state index < -0.39 is 0 Å². The summed E-state index contributed by atoms with van der Waals surface area (Å²) in [6.07, 6.45) is 1.07. The summed E-state index contributed by atoms with van der Waals surface area (Å²) in [7, 11) is 1.69. The van der Waals surface area contributed by atoms with Crippen molar-refractivity contribution in [3.8, 4) is 5.75 Å². The number of likely N-dealkylation sites (tertiary alicyclic amines) is 1. The van der Waals surface area contributed by atoms with E-state index in [1.807, 2.05) is 12.1 Å². The first-order chi connectivity index (χ1) is 10.2. The predicted molar refractivity (Wildman–Crippen MR) is 85.3 cm³/mol. The van der Waals surface area contributed by atoms with Gasteiger partial charge in [-0.05, 0) is 24.5 Å². The molecule has 0 saturated carbocycles. The van der Waals surface area contributed by atoms with E-state index in [0.29, 0.717) is 12.0 Å². The predicted octanol–water partition coefficient (Wildman–Crippen LogP) is 2.41. The molecule has 21 heavy (non-hydrogen) atoms. The number of para-hydroxylation sites is 1. The van der Waals surface area contributed by atoms with Crippen LogP contribution in [0.15, 0.2) is 30.3 Å². The van der Waals surface area contributed by atoms with E-state index in [9.17, 15) is 0 Å². The molecule has 2 atom stereocenters. The molecule has 2 N–H and O–H groups in total. The largest absolute Gasteiger partial charge is 0.494 e. The molecule has 0 bridgehead atoms. The Morgan fingerprint density at radius 1 is 1.33 bits per heavy atom. The molecule has 1 aromatic carbocycles. The van der Waals surface area contributed by atoms with Crippen LogP contribution in [0.1, 0.15) is 19.0 Å². The summed E-state index contributed by atoms with van der Waals surface area (Å²) in [5, 5.41) is 1.12. The molecule has 1 aliphatic rings. The Labute approximate surface area is 125 Å². The molecule has 112 valence electrons. The van der Waals surface area contributed by atoms with Crippen molar-refractivity contribution in [1.29, 1.82) is 0 Å². The summed E-state index contributed by atoms with van der Waals surface area (Å²) in [4.78, 5) is 7.23. The molecule has 2 aromatic rings. The van der Waals surface area contributed by atoms with Crippen LogP contribution in [0, 0.1) is 5.92 Å². The van der Waals surface area contributed by atoms with E-state index in [2.05, 4.69) is 30.0 Å². The highest BCUT2D eigenvalue weighted by atomic mass is 16.5. The minimum atomic E-state index is 0.339. The molecule has 0 radical (unpaired) electrons. The average molecular weight is 285 g/mol. The summed E-state index contributed by atoms with van der Waals surface area (Å²) in [5.41, 5.74) is 8.12. The molecule has 0 amide bonds. The van der Waals surface area contributed by atoms with Crippen LogP contribution in [0.2, 0.25) is 0 Å². The lowest BCUT2D eigenvalue weighted by atomic mass is 9.95. The third kappa shape index (κ3) is 3.01. The number of pyridine rings is 1. The van der Waals surface area contributed by atoms with Gasteiger partial charge in [-0.1, -0.05) is 25.1 Å². The number of ether oxygens (including phenoxy) is 1. The van der Waals surface area contributed by atoms with Crippen LogP contribution >= 0.6 is 0 Å². The van der Waals surface area contributed by atoms with Crippen molar-refractivity contribution in [2.24, 2.45) is 11.7 Å². The molecule has 1 aliphatic heterocycles. The molecular formula is C17H23N3O. The highest BCUT2D eigenvalue weighted by Gasteiger charge is 2.23. The number of fused-ring (bicyclic) bond motifs is 1. The number of benzene rings is 1. The Morgan fingerprint density at radius 3 is 2.95 bits per heavy atom. The molecule has 3 rings (SSSR count). The molecular weight excluding hydrogens is 262 g/mol. The maximum Gasteiger partial charge on any atom is 0.145 e. The van der Waals surface area contributed by atoms with Crippen LogP contribution < -0.4 is 10.5 Å². The summed E-state index contributed by atoms with van der Waals surface area (Å²) in [6, 6.07) is 10.6. The van der Waals surface area contributed by atoms with Gasteiger partial charge in [0, 0.05) is 31.1 Å². The second kappa shape index (κ2) is 6.00. The Bertz CT molecular complexity index is 628. The summed E-state index contributed by atoms with van der Waals surface area (Å²) in [5.74, 6) is 1.39. The van der Waals surface area contributed by atoms with Gasteiger partial charge >= 0.3 is 0 Å². The second-order valence-electron chi connectivity index (χ2n) is 6.00. The topological polar surface area (TPSA) is 51.4 Å². The lowest BCUT2D eigenvalue weighted by molar-refractivity contribution is 0.156. The quantitative estimate of drug-likeness (QED) is 0.941. The first-order valence-electron chi connectivity index (χ1n) is 7.58. The van der Waals surface area contributed by atoms with E-state index in [1.165, 1.54) is 0 Å². The molecule has 2 heterocycles. The summed E-state index contributed by atoms with van der Waals surface area (Å²) < 4.78 is 5.41. The monoisotopic (exact) mass is 285 g/mol. The Hall–Kier alpha value is -1.65. The van der Waals surface area contributed by atoms with E-state index >= 15 is 0 Å². The number of nitrogens with two attached hydrogens (primary N) is 1. The van der Waals surface area contributed by atoms with Crippen LogP contribution in [0.5, 0.6) is 5.75 Å². The third-order valence-electron chi connectivity index (χ3n) is 4.40. The van der Waals surface area contributed by atoms with Gasteiger partial charge in [0.2, 0.25) is 0 Å². The van der Waals surface area contributed by atoms with Gasteiger partial charge in [-0.3, -0.25) is 4.90 Å². The summed E-state index contributed by atoms with van der Waals surface area (Å²) >= 11 is 0. The van der Waals surface area contributed by atoms with Gasteiger partial charge < -0.3 is 10.5 Å². The Balaban J connectivity index is 1.81. The minimum Gasteiger partial charge on any atom is -0.494 e. The standard InChI is InChI=1S/C17H23N3O/c1-12-10-20(9-8-15(12)18)11-14-7-6-13-4-3-5-16(21-2)17(13)19-14/h3-7,12,15H,8-11,18H2,1-2H3. The second-order valence-corrected chi connectivity index (χ2v) is 6.00. The normalized spacial score (nSPS) is 23.4. The van der Waals surface area contributed by atoms with Gasteiger partial charge in [-0.2, -0.15) is 0 Å². The molecule has 0 spiro atoms. The molecule has 1 saturated heterocycles. The van der Waals surface area contributed by atoms with Gasteiger partial charge in [0.25, 0.3) is 0 Å². The first kappa shape index (κ1) is 14.3. The lowest BCUT2D eigenvalue weighted by Gasteiger charge is -2.34. The number of piperidine rings is 1. The Morgan fingerprint density at radius 2 is 2.19 bits per heavy atom. The van der Waals surface area contributed by atoms with Gasteiger partial charge in [-0.25, -0.2) is 4.98 Å². The van der Waals surface area contributed by atoms with Crippen molar-refractivity contribution in [2.45, 2.75) is 25.9 Å². The molecule has 4 heteroatoms. The fourth-order valence-corrected chi connectivity index (χ4v) is 3.04. The van der Waals surface area contributed by atoms with Gasteiger partial charge in [-0.15, -0.1) is 0 Å². The fourth-order valence-electron chi connectivity index (χ4n) is 3.04. The minimum absolute atomic E-state index is 0.339. The van der Waals surface area contributed by atoms with Crippen molar-refractivity contribution < 1.29 is 4.74 Å². The van der Waals surface area contributed by atoms with Crippen molar-refractivity contribution in [3.05, 3.63) is 36.0 Å². The molecule has 1 aromatic heterocycles. The van der Waals surface area contributed by atoms with E-state index in [4.69, 9.17) is 15.5 Å². The van der Waals surface area contributed by atoms with Crippen LogP contribution in [0.4, 0.5) is 0 Å². The first-order valence-corrected chi connectivity index (χ1v) is 7.58. The zero-order valence-corrected chi connectivity index (χ0v) is 12.7. The number of hydrogen-bond acceptors (Lipinski definition) is 4. The van der Waals surface area contributed by atoms with E-state index in [0.717, 1.165) is 48.4 Å². The van der Waals surface area contributed by atoms with Gasteiger partial charge in [0.1, 0.15) is 11.3 Å². The zero-order chi connectivity index (χ0) is 14.8. The van der Waals surface area contributed by atoms with Crippen LogP contribution in [-0.4, -0.2) is 36.1 Å². The van der Waals surface area contributed by atoms with Crippen LogP contribution in [0.25, 0.3) is 10.9 Å². The van der Waals surface area contributed by atoms with Crippen LogP contribution in [0.3, 0.4) is 0 Å². The van der Waals surface area contributed by atoms with Crippen molar-refractivity contribution in [1.82, 2.24) is 9.88 Å². The van der Waals surface area contributed by atoms with Gasteiger partial charge in [0.15, 0.2) is 0 Å². The number of rotatable bonds is 3. The molecule has 2 unspecified atom stereocenters.